The van der Waals surface area contributed by atoms with Gasteiger partial charge in [0.1, 0.15) is 17.3 Å². The smallest absolute Gasteiger partial charge is 0.140 e. The SMILES string of the molecule is CC1COCCN1c1ncnc(Cl)c1CO. The van der Waals surface area contributed by atoms with Crippen LogP contribution in [0.4, 0.5) is 5.82 Å². The maximum absolute atomic E-state index is 9.29. The van der Waals surface area contributed by atoms with E-state index in [0.717, 1.165) is 6.54 Å². The molecule has 1 aliphatic rings. The second-order valence-corrected chi connectivity index (χ2v) is 4.10. The predicted molar refractivity (Wildman–Crippen MR) is 60.6 cm³/mol. The van der Waals surface area contributed by atoms with Crippen molar-refractivity contribution in [1.82, 2.24) is 9.97 Å². The zero-order valence-electron chi connectivity index (χ0n) is 9.06. The highest BCUT2D eigenvalue weighted by Gasteiger charge is 2.23. The number of hydrogen-bond acceptors (Lipinski definition) is 5. The molecular weight excluding hydrogens is 230 g/mol. The monoisotopic (exact) mass is 243 g/mol. The van der Waals surface area contributed by atoms with E-state index in [1.165, 1.54) is 6.33 Å². The van der Waals surface area contributed by atoms with Crippen LogP contribution in [0.1, 0.15) is 12.5 Å². The van der Waals surface area contributed by atoms with Crippen molar-refractivity contribution in [3.05, 3.63) is 17.0 Å². The van der Waals surface area contributed by atoms with Crippen LogP contribution in [-0.2, 0) is 11.3 Å². The molecule has 5 nitrogen and oxygen atoms in total. The van der Waals surface area contributed by atoms with E-state index in [1.807, 2.05) is 0 Å². The van der Waals surface area contributed by atoms with Crippen LogP contribution >= 0.6 is 11.6 Å². The van der Waals surface area contributed by atoms with Gasteiger partial charge >= 0.3 is 0 Å². The first-order valence-corrected chi connectivity index (χ1v) is 5.56. The van der Waals surface area contributed by atoms with Crippen molar-refractivity contribution in [2.24, 2.45) is 0 Å². The summed E-state index contributed by atoms with van der Waals surface area (Å²) >= 11 is 5.93. The van der Waals surface area contributed by atoms with Crippen LogP contribution in [-0.4, -0.2) is 40.9 Å². The molecule has 1 aromatic rings. The minimum Gasteiger partial charge on any atom is -0.391 e. The van der Waals surface area contributed by atoms with E-state index in [-0.39, 0.29) is 12.6 Å². The Morgan fingerprint density at radius 1 is 1.62 bits per heavy atom. The highest BCUT2D eigenvalue weighted by Crippen LogP contribution is 2.25. The summed E-state index contributed by atoms with van der Waals surface area (Å²) in [6, 6.07) is 0.227. The Bertz CT molecular complexity index is 375. The van der Waals surface area contributed by atoms with Crippen molar-refractivity contribution in [3.63, 3.8) is 0 Å². The molecule has 88 valence electrons. The molecule has 6 heteroatoms. The second kappa shape index (κ2) is 4.95. The van der Waals surface area contributed by atoms with Crippen LogP contribution < -0.4 is 4.90 Å². The number of nitrogens with zero attached hydrogens (tertiary/aromatic N) is 3. The van der Waals surface area contributed by atoms with Crippen LogP contribution in [0.25, 0.3) is 0 Å². The van der Waals surface area contributed by atoms with E-state index in [9.17, 15) is 5.11 Å². The Morgan fingerprint density at radius 3 is 3.12 bits per heavy atom. The van der Waals surface area contributed by atoms with Gasteiger partial charge < -0.3 is 14.7 Å². The van der Waals surface area contributed by atoms with Crippen molar-refractivity contribution in [2.45, 2.75) is 19.6 Å². The maximum atomic E-state index is 9.29. The standard InChI is InChI=1S/C10H14ClN3O2/c1-7-5-16-3-2-14(7)10-8(4-15)9(11)12-6-13-10/h6-7,15H,2-5H2,1H3. The van der Waals surface area contributed by atoms with Crippen molar-refractivity contribution in [1.29, 1.82) is 0 Å². The molecule has 2 rings (SSSR count). The molecule has 0 spiro atoms. The molecule has 2 heterocycles. The van der Waals surface area contributed by atoms with Crippen molar-refractivity contribution in [3.8, 4) is 0 Å². The number of ether oxygens (including phenoxy) is 1. The summed E-state index contributed by atoms with van der Waals surface area (Å²) in [7, 11) is 0. The first-order valence-electron chi connectivity index (χ1n) is 5.18. The molecule has 1 N–H and O–H groups in total. The van der Waals surface area contributed by atoms with Gasteiger partial charge in [0.05, 0.1) is 31.4 Å². The first-order chi connectivity index (χ1) is 7.74. The molecule has 0 radical (unpaired) electrons. The molecule has 0 aromatic carbocycles. The zero-order chi connectivity index (χ0) is 11.5. The van der Waals surface area contributed by atoms with Gasteiger partial charge in [-0.2, -0.15) is 0 Å². The van der Waals surface area contributed by atoms with Gasteiger partial charge in [-0.25, -0.2) is 9.97 Å². The van der Waals surface area contributed by atoms with Crippen LogP contribution in [0.15, 0.2) is 6.33 Å². The number of aliphatic hydroxyl groups excluding tert-OH is 1. The lowest BCUT2D eigenvalue weighted by molar-refractivity contribution is 0.0982. The van der Waals surface area contributed by atoms with E-state index < -0.39 is 0 Å². The third-order valence-corrected chi connectivity index (χ3v) is 2.99. The van der Waals surface area contributed by atoms with Gasteiger partial charge in [0, 0.05) is 6.54 Å². The average molecular weight is 244 g/mol. The minimum atomic E-state index is -0.154. The lowest BCUT2D eigenvalue weighted by Gasteiger charge is -2.35. The third kappa shape index (κ3) is 2.11. The highest BCUT2D eigenvalue weighted by molar-refractivity contribution is 6.30. The fourth-order valence-electron chi connectivity index (χ4n) is 1.81. The van der Waals surface area contributed by atoms with E-state index in [0.29, 0.717) is 29.7 Å². The molecule has 0 saturated carbocycles. The summed E-state index contributed by atoms with van der Waals surface area (Å²) in [6.07, 6.45) is 1.42. The lowest BCUT2D eigenvalue weighted by atomic mass is 10.2. The molecule has 0 aliphatic carbocycles. The number of aromatic nitrogens is 2. The molecule has 1 aromatic heterocycles. The van der Waals surface area contributed by atoms with Gasteiger partial charge in [-0.3, -0.25) is 0 Å². The Kier molecular flexibility index (Phi) is 3.58. The third-order valence-electron chi connectivity index (χ3n) is 2.67. The van der Waals surface area contributed by atoms with Crippen LogP contribution in [0.5, 0.6) is 0 Å². The number of morpholine rings is 1. The molecule has 1 fully saturated rings. The van der Waals surface area contributed by atoms with Crippen molar-refractivity contribution in [2.75, 3.05) is 24.7 Å². The molecule has 0 amide bonds. The van der Waals surface area contributed by atoms with Gasteiger partial charge in [0.2, 0.25) is 0 Å². The Balaban J connectivity index is 2.34. The topological polar surface area (TPSA) is 58.5 Å². The van der Waals surface area contributed by atoms with E-state index in [4.69, 9.17) is 16.3 Å². The summed E-state index contributed by atoms with van der Waals surface area (Å²) in [5.41, 5.74) is 0.581. The largest absolute Gasteiger partial charge is 0.391 e. The summed E-state index contributed by atoms with van der Waals surface area (Å²) in [6.45, 7) is 3.97. The van der Waals surface area contributed by atoms with Gasteiger partial charge in [-0.1, -0.05) is 11.6 Å². The van der Waals surface area contributed by atoms with Crippen molar-refractivity contribution < 1.29 is 9.84 Å². The van der Waals surface area contributed by atoms with Gasteiger partial charge in [0.15, 0.2) is 0 Å². The fourth-order valence-corrected chi connectivity index (χ4v) is 2.00. The van der Waals surface area contributed by atoms with Gasteiger partial charge in [-0.15, -0.1) is 0 Å². The minimum absolute atomic E-state index is 0.154. The van der Waals surface area contributed by atoms with Gasteiger partial charge in [-0.05, 0) is 6.92 Å². The maximum Gasteiger partial charge on any atom is 0.140 e. The lowest BCUT2D eigenvalue weighted by Crippen LogP contribution is -2.44. The van der Waals surface area contributed by atoms with Crippen LogP contribution in [0, 0.1) is 0 Å². The van der Waals surface area contributed by atoms with E-state index in [2.05, 4.69) is 21.8 Å². The number of hydrogen-bond donors (Lipinski definition) is 1. The molecule has 1 aliphatic heterocycles. The average Bonchev–Trinajstić information content (AvgIpc) is 2.29. The van der Waals surface area contributed by atoms with Crippen LogP contribution in [0.2, 0.25) is 5.15 Å². The Hall–Kier alpha value is -0.910. The normalized spacial score (nSPS) is 21.2. The number of rotatable bonds is 2. The zero-order valence-corrected chi connectivity index (χ0v) is 9.81. The van der Waals surface area contributed by atoms with E-state index >= 15 is 0 Å². The van der Waals surface area contributed by atoms with E-state index in [1.54, 1.807) is 0 Å². The van der Waals surface area contributed by atoms with Crippen LogP contribution in [0.3, 0.4) is 0 Å². The quantitative estimate of drug-likeness (QED) is 0.781. The van der Waals surface area contributed by atoms with Gasteiger partial charge in [0.25, 0.3) is 0 Å². The summed E-state index contributed by atoms with van der Waals surface area (Å²) < 4.78 is 5.36. The number of anilines is 1. The molecule has 1 atom stereocenters. The summed E-state index contributed by atoms with van der Waals surface area (Å²) in [5, 5.41) is 9.61. The molecule has 16 heavy (non-hydrogen) atoms. The molecular formula is C10H14ClN3O2. The highest BCUT2D eigenvalue weighted by atomic mass is 35.5. The Labute approximate surface area is 99.0 Å². The number of aliphatic hydroxyl groups is 1. The molecule has 1 unspecified atom stereocenters. The Morgan fingerprint density at radius 2 is 2.44 bits per heavy atom. The predicted octanol–water partition coefficient (Wildman–Crippen LogP) is 0.847. The fraction of sp³-hybridized carbons (Fsp3) is 0.600. The molecule has 0 bridgehead atoms. The summed E-state index contributed by atoms with van der Waals surface area (Å²) in [5.74, 6) is 0.707. The second-order valence-electron chi connectivity index (χ2n) is 3.74. The number of halogens is 1. The first kappa shape index (κ1) is 11.6. The van der Waals surface area contributed by atoms with Crippen molar-refractivity contribution >= 4 is 17.4 Å². The molecule has 1 saturated heterocycles. The summed E-state index contributed by atoms with van der Waals surface area (Å²) in [4.78, 5) is 10.2.